The van der Waals surface area contributed by atoms with Crippen LogP contribution in [0.1, 0.15) is 36.8 Å². The highest BCUT2D eigenvalue weighted by molar-refractivity contribution is 5.96. The molecule has 20 heavy (non-hydrogen) atoms. The number of carbonyl (C=O) groups excluding carboxylic acids is 1. The van der Waals surface area contributed by atoms with Crippen LogP contribution in [0.4, 0.5) is 4.39 Å². The van der Waals surface area contributed by atoms with Gasteiger partial charge in [-0.2, -0.15) is 5.10 Å². The van der Waals surface area contributed by atoms with Crippen LogP contribution >= 0.6 is 0 Å². The zero-order valence-corrected chi connectivity index (χ0v) is 12.2. The molecule has 0 unspecified atom stereocenters. The number of carbonyl (C=O) groups is 1. The van der Waals surface area contributed by atoms with Crippen LogP contribution in [0.5, 0.6) is 0 Å². The fourth-order valence-electron chi connectivity index (χ4n) is 2.36. The van der Waals surface area contributed by atoms with Crippen LogP contribution in [-0.2, 0) is 13.0 Å². The van der Waals surface area contributed by atoms with Gasteiger partial charge >= 0.3 is 0 Å². The number of aromatic nitrogens is 2. The zero-order valence-electron chi connectivity index (χ0n) is 12.2. The molecule has 1 aliphatic rings. The molecular weight excluding hydrogens is 259 g/mol. The highest BCUT2D eigenvalue weighted by Crippen LogP contribution is 2.24. The average Bonchev–Trinajstić information content (AvgIpc) is 2.78. The Hall–Kier alpha value is -1.69. The zero-order chi connectivity index (χ0) is 14.9. The van der Waals surface area contributed by atoms with E-state index in [0.29, 0.717) is 24.0 Å². The summed E-state index contributed by atoms with van der Waals surface area (Å²) in [5.41, 5.74) is 7.07. The fraction of sp³-hybridized carbons (Fsp3) is 0.571. The first-order chi connectivity index (χ1) is 9.36. The second-order valence-corrected chi connectivity index (χ2v) is 6.04. The van der Waals surface area contributed by atoms with Gasteiger partial charge in [-0.05, 0) is 26.3 Å². The summed E-state index contributed by atoms with van der Waals surface area (Å²) < 4.78 is 14.2. The number of nitrogens with two attached hydrogens (primary N) is 1. The summed E-state index contributed by atoms with van der Waals surface area (Å²) >= 11 is 0. The standard InChI is InChI=1S/C14H21FN4O/c1-14(2,3)19-5-4-12-11(13(19)20)9-18(17-12)8-10(6-15)7-16/h6,9H,4-5,7-8,16H2,1-3H3/b10-6+. The van der Waals surface area contributed by atoms with Gasteiger partial charge in [0.05, 0.1) is 24.1 Å². The molecule has 0 spiro atoms. The lowest BCUT2D eigenvalue weighted by Crippen LogP contribution is -2.49. The molecular formula is C14H21FN4O. The largest absolute Gasteiger partial charge is 0.333 e. The number of fused-ring (bicyclic) bond motifs is 1. The molecule has 1 aliphatic heterocycles. The Morgan fingerprint density at radius 3 is 2.80 bits per heavy atom. The normalized spacial score (nSPS) is 16.6. The summed E-state index contributed by atoms with van der Waals surface area (Å²) in [6, 6.07) is 0. The van der Waals surface area contributed by atoms with Crippen LogP contribution in [0, 0.1) is 0 Å². The van der Waals surface area contributed by atoms with Gasteiger partial charge in [-0.3, -0.25) is 9.48 Å². The molecule has 6 heteroatoms. The molecule has 2 heterocycles. The molecule has 0 saturated heterocycles. The number of hydrogen-bond acceptors (Lipinski definition) is 3. The summed E-state index contributed by atoms with van der Waals surface area (Å²) in [5.74, 6) is -0.0106. The van der Waals surface area contributed by atoms with Gasteiger partial charge in [-0.1, -0.05) is 0 Å². The molecule has 0 atom stereocenters. The summed E-state index contributed by atoms with van der Waals surface area (Å²) in [6.45, 7) is 7.12. The molecule has 5 nitrogen and oxygen atoms in total. The molecule has 0 fully saturated rings. The van der Waals surface area contributed by atoms with E-state index in [0.717, 1.165) is 12.1 Å². The minimum atomic E-state index is -0.210. The van der Waals surface area contributed by atoms with Crippen LogP contribution in [-0.4, -0.2) is 39.2 Å². The number of rotatable bonds is 3. The molecule has 110 valence electrons. The summed E-state index contributed by atoms with van der Waals surface area (Å²) in [4.78, 5) is 14.3. The van der Waals surface area contributed by atoms with Gasteiger partial charge in [0.25, 0.3) is 5.91 Å². The molecule has 1 amide bonds. The molecule has 0 aromatic carbocycles. The van der Waals surface area contributed by atoms with E-state index in [9.17, 15) is 9.18 Å². The van der Waals surface area contributed by atoms with Crippen molar-refractivity contribution in [3.63, 3.8) is 0 Å². The summed E-state index contributed by atoms with van der Waals surface area (Å²) in [5, 5.41) is 4.36. The maximum Gasteiger partial charge on any atom is 0.257 e. The second-order valence-electron chi connectivity index (χ2n) is 6.04. The first-order valence-electron chi connectivity index (χ1n) is 6.73. The maximum atomic E-state index is 12.6. The van der Waals surface area contributed by atoms with E-state index in [1.807, 2.05) is 25.7 Å². The molecule has 2 N–H and O–H groups in total. The van der Waals surface area contributed by atoms with Crippen molar-refractivity contribution in [3.05, 3.63) is 29.4 Å². The number of hydrogen-bond donors (Lipinski definition) is 1. The predicted molar refractivity (Wildman–Crippen MR) is 75.0 cm³/mol. The smallest absolute Gasteiger partial charge is 0.257 e. The van der Waals surface area contributed by atoms with E-state index in [-0.39, 0.29) is 24.5 Å². The van der Waals surface area contributed by atoms with E-state index in [2.05, 4.69) is 5.10 Å². The molecule has 0 bridgehead atoms. The minimum Gasteiger partial charge on any atom is -0.333 e. The van der Waals surface area contributed by atoms with Gasteiger partial charge < -0.3 is 10.6 Å². The van der Waals surface area contributed by atoms with Crippen molar-refractivity contribution in [1.82, 2.24) is 14.7 Å². The third-order valence-electron chi connectivity index (χ3n) is 3.48. The van der Waals surface area contributed by atoms with Crippen LogP contribution in [0.15, 0.2) is 18.1 Å². The third-order valence-corrected chi connectivity index (χ3v) is 3.48. The van der Waals surface area contributed by atoms with Gasteiger partial charge in [0.1, 0.15) is 0 Å². The van der Waals surface area contributed by atoms with Crippen molar-refractivity contribution in [2.75, 3.05) is 13.1 Å². The number of amides is 1. The van der Waals surface area contributed by atoms with E-state index in [1.165, 1.54) is 0 Å². The Kier molecular flexibility index (Phi) is 3.94. The molecule has 1 aromatic heterocycles. The van der Waals surface area contributed by atoms with E-state index in [4.69, 9.17) is 5.73 Å². The Morgan fingerprint density at radius 2 is 2.25 bits per heavy atom. The van der Waals surface area contributed by atoms with Crippen molar-refractivity contribution in [1.29, 1.82) is 0 Å². The molecule has 0 saturated carbocycles. The highest BCUT2D eigenvalue weighted by atomic mass is 19.1. The van der Waals surface area contributed by atoms with Gasteiger partial charge in [0, 0.05) is 31.2 Å². The lowest BCUT2D eigenvalue weighted by molar-refractivity contribution is 0.0561. The monoisotopic (exact) mass is 280 g/mol. The highest BCUT2D eigenvalue weighted by Gasteiger charge is 2.33. The lowest BCUT2D eigenvalue weighted by Gasteiger charge is -2.37. The molecule has 0 radical (unpaired) electrons. The van der Waals surface area contributed by atoms with Gasteiger partial charge in [-0.15, -0.1) is 0 Å². The average molecular weight is 280 g/mol. The Balaban J connectivity index is 2.25. The Morgan fingerprint density at radius 1 is 1.55 bits per heavy atom. The fourth-order valence-corrected chi connectivity index (χ4v) is 2.36. The van der Waals surface area contributed by atoms with Gasteiger partial charge in [-0.25, -0.2) is 4.39 Å². The van der Waals surface area contributed by atoms with E-state index in [1.54, 1.807) is 10.9 Å². The number of nitrogens with zero attached hydrogens (tertiary/aromatic N) is 3. The second kappa shape index (κ2) is 5.36. The van der Waals surface area contributed by atoms with Crippen LogP contribution in [0.2, 0.25) is 0 Å². The quantitative estimate of drug-likeness (QED) is 0.912. The summed E-state index contributed by atoms with van der Waals surface area (Å²) in [7, 11) is 0. The third kappa shape index (κ3) is 2.75. The molecule has 2 rings (SSSR count). The van der Waals surface area contributed by atoms with Gasteiger partial charge in [0.2, 0.25) is 0 Å². The Labute approximate surface area is 118 Å². The van der Waals surface area contributed by atoms with Crippen molar-refractivity contribution in [2.24, 2.45) is 5.73 Å². The molecule has 1 aromatic rings. The first kappa shape index (κ1) is 14.7. The Bertz CT molecular complexity index is 542. The summed E-state index contributed by atoms with van der Waals surface area (Å²) in [6.07, 6.45) is 2.92. The van der Waals surface area contributed by atoms with Gasteiger partial charge in [0.15, 0.2) is 0 Å². The maximum absolute atomic E-state index is 12.6. The van der Waals surface area contributed by atoms with Crippen molar-refractivity contribution in [3.8, 4) is 0 Å². The topological polar surface area (TPSA) is 64.2 Å². The first-order valence-corrected chi connectivity index (χ1v) is 6.73. The lowest BCUT2D eigenvalue weighted by atomic mass is 9.99. The van der Waals surface area contributed by atoms with Crippen molar-refractivity contribution < 1.29 is 9.18 Å². The minimum absolute atomic E-state index is 0.0106. The van der Waals surface area contributed by atoms with Crippen molar-refractivity contribution >= 4 is 5.91 Å². The van der Waals surface area contributed by atoms with E-state index < -0.39 is 0 Å². The predicted octanol–water partition coefficient (Wildman–Crippen LogP) is 1.49. The number of halogens is 1. The molecule has 0 aliphatic carbocycles. The van der Waals surface area contributed by atoms with Crippen LogP contribution < -0.4 is 5.73 Å². The van der Waals surface area contributed by atoms with E-state index >= 15 is 0 Å². The van der Waals surface area contributed by atoms with Crippen molar-refractivity contribution in [2.45, 2.75) is 39.3 Å². The van der Waals surface area contributed by atoms with Crippen LogP contribution in [0.25, 0.3) is 0 Å². The SMILES string of the molecule is CC(C)(C)N1CCc2nn(C/C(=C/F)CN)cc2C1=O. The van der Waals surface area contributed by atoms with Crippen LogP contribution in [0.3, 0.4) is 0 Å².